The van der Waals surface area contributed by atoms with Gasteiger partial charge in [0, 0.05) is 0 Å². The van der Waals surface area contributed by atoms with E-state index in [4.69, 9.17) is 0 Å². The van der Waals surface area contributed by atoms with Crippen molar-refractivity contribution in [2.45, 2.75) is 26.7 Å². The Bertz CT molecular complexity index is 303. The molecule has 2 aromatic rings. The Balaban J connectivity index is -0.000000220. The SMILES string of the molecule is CC[c-]1cccc1.CC[c-]1cccc1.C[N-]C.C[N-]C.[Zr+4]. The van der Waals surface area contributed by atoms with Crippen LogP contribution in [0.25, 0.3) is 10.6 Å². The number of hydrogen-bond donors (Lipinski definition) is 0. The van der Waals surface area contributed by atoms with Gasteiger partial charge in [-0.25, -0.2) is 24.3 Å². The maximum absolute atomic E-state index is 3.50. The van der Waals surface area contributed by atoms with Gasteiger partial charge in [0.1, 0.15) is 0 Å². The fraction of sp³-hybridized carbons (Fsp3) is 0.444. The molecule has 0 saturated heterocycles. The normalized spacial score (nSPS) is 7.90. The number of hydrogen-bond acceptors (Lipinski definition) is 0. The molecule has 0 saturated carbocycles. The third-order valence-corrected chi connectivity index (χ3v) is 2.28. The van der Waals surface area contributed by atoms with Crippen LogP contribution >= 0.6 is 0 Å². The van der Waals surface area contributed by atoms with E-state index in [2.05, 4.69) is 73.0 Å². The topological polar surface area (TPSA) is 28.2 Å². The summed E-state index contributed by atoms with van der Waals surface area (Å²) in [6, 6.07) is 16.8. The minimum atomic E-state index is 0. The summed E-state index contributed by atoms with van der Waals surface area (Å²) >= 11 is 0. The summed E-state index contributed by atoms with van der Waals surface area (Å²) in [4.78, 5) is 0. The molecule has 0 aromatic heterocycles. The van der Waals surface area contributed by atoms with Crippen molar-refractivity contribution in [3.05, 3.63) is 70.3 Å². The van der Waals surface area contributed by atoms with E-state index < -0.39 is 0 Å². The molecule has 21 heavy (non-hydrogen) atoms. The molecule has 2 aromatic carbocycles. The molecule has 2 rings (SSSR count). The molecule has 0 aliphatic carbocycles. The van der Waals surface area contributed by atoms with Crippen molar-refractivity contribution in [2.24, 2.45) is 0 Å². The Morgan fingerprint density at radius 1 is 0.619 bits per heavy atom. The van der Waals surface area contributed by atoms with Crippen LogP contribution in [0.15, 0.2) is 48.5 Å². The first-order valence-corrected chi connectivity index (χ1v) is 7.06. The Morgan fingerprint density at radius 2 is 0.810 bits per heavy atom. The van der Waals surface area contributed by atoms with Gasteiger partial charge < -0.3 is 10.6 Å². The van der Waals surface area contributed by atoms with E-state index in [1.165, 1.54) is 11.1 Å². The van der Waals surface area contributed by atoms with Crippen LogP contribution in [0, 0.1) is 0 Å². The Morgan fingerprint density at radius 3 is 0.905 bits per heavy atom. The van der Waals surface area contributed by atoms with Crippen LogP contribution in [-0.2, 0) is 39.0 Å². The second-order valence-corrected chi connectivity index (χ2v) is 4.19. The molecule has 0 atom stereocenters. The Kier molecular flexibility index (Phi) is 26.4. The van der Waals surface area contributed by atoms with Crippen molar-refractivity contribution in [1.82, 2.24) is 0 Å². The van der Waals surface area contributed by atoms with Gasteiger partial charge in [-0.1, -0.05) is 26.7 Å². The monoisotopic (exact) mass is 364 g/mol. The van der Waals surface area contributed by atoms with Gasteiger partial charge in [-0.15, -0.1) is 0 Å². The second-order valence-electron chi connectivity index (χ2n) is 4.19. The molecule has 116 valence electrons. The summed E-state index contributed by atoms with van der Waals surface area (Å²) in [5.74, 6) is 0. The van der Waals surface area contributed by atoms with Gasteiger partial charge in [-0.2, -0.15) is 63.6 Å². The maximum Gasteiger partial charge on any atom is 4.00 e. The molecule has 0 radical (unpaired) electrons. The predicted octanol–water partition coefficient (Wildman–Crippen LogP) is 5.17. The Hall–Kier alpha value is -0.497. The summed E-state index contributed by atoms with van der Waals surface area (Å²) in [5, 5.41) is 7.00. The van der Waals surface area contributed by atoms with Crippen LogP contribution in [0.1, 0.15) is 25.0 Å². The maximum atomic E-state index is 3.50. The van der Waals surface area contributed by atoms with E-state index >= 15 is 0 Å². The summed E-state index contributed by atoms with van der Waals surface area (Å²) in [5.41, 5.74) is 2.86. The first-order chi connectivity index (χ1) is 9.69. The van der Waals surface area contributed by atoms with Crippen LogP contribution in [0.3, 0.4) is 0 Å². The molecule has 0 N–H and O–H groups in total. The second kappa shape index (κ2) is 21.8. The molecule has 0 bridgehead atoms. The number of rotatable bonds is 2. The van der Waals surface area contributed by atoms with Crippen LogP contribution in [-0.4, -0.2) is 28.2 Å². The quantitative estimate of drug-likeness (QED) is 0.657. The van der Waals surface area contributed by atoms with E-state index in [1.807, 2.05) is 0 Å². The van der Waals surface area contributed by atoms with Crippen molar-refractivity contribution in [3.63, 3.8) is 0 Å². The van der Waals surface area contributed by atoms with Crippen LogP contribution < -0.4 is 0 Å². The van der Waals surface area contributed by atoms with E-state index in [1.54, 1.807) is 28.2 Å². The van der Waals surface area contributed by atoms with Gasteiger partial charge in [0.05, 0.1) is 0 Å². The Labute approximate surface area is 151 Å². The van der Waals surface area contributed by atoms with Crippen molar-refractivity contribution >= 4 is 0 Å². The zero-order chi connectivity index (χ0) is 15.6. The van der Waals surface area contributed by atoms with Crippen molar-refractivity contribution < 1.29 is 26.2 Å². The van der Waals surface area contributed by atoms with Crippen molar-refractivity contribution in [2.75, 3.05) is 28.2 Å². The van der Waals surface area contributed by atoms with Gasteiger partial charge in [-0.3, -0.25) is 0 Å². The minimum absolute atomic E-state index is 0. The molecule has 0 spiro atoms. The number of nitrogens with zero attached hydrogens (tertiary/aromatic N) is 2. The molecular weight excluding hydrogens is 335 g/mol. The molecule has 0 fully saturated rings. The van der Waals surface area contributed by atoms with Crippen molar-refractivity contribution in [3.8, 4) is 0 Å². The van der Waals surface area contributed by atoms with Gasteiger partial charge in [0.15, 0.2) is 0 Å². The van der Waals surface area contributed by atoms with Gasteiger partial charge in [0.2, 0.25) is 0 Å². The van der Waals surface area contributed by atoms with Gasteiger partial charge >= 0.3 is 26.2 Å². The third kappa shape index (κ3) is 19.5. The summed E-state index contributed by atoms with van der Waals surface area (Å²) in [6.07, 6.45) is 2.32. The molecule has 0 heterocycles. The van der Waals surface area contributed by atoms with Crippen LogP contribution in [0.4, 0.5) is 0 Å². The fourth-order valence-electron chi connectivity index (χ4n) is 1.30. The molecule has 0 aliphatic rings. The molecule has 3 heteroatoms. The third-order valence-electron chi connectivity index (χ3n) is 2.28. The summed E-state index contributed by atoms with van der Waals surface area (Å²) in [6.45, 7) is 4.32. The summed E-state index contributed by atoms with van der Waals surface area (Å²) < 4.78 is 0. The van der Waals surface area contributed by atoms with Crippen LogP contribution in [0.2, 0.25) is 0 Å². The molecule has 0 unspecified atom stereocenters. The van der Waals surface area contributed by atoms with E-state index in [9.17, 15) is 0 Å². The standard InChI is InChI=1S/2C7H9.2C2H6N.Zr/c2*1-2-7-5-3-4-6-7;2*1-3-2;/h2*3-6H,2H2,1H3;2*1-2H3;/q4*-1;+4. The summed E-state index contributed by atoms with van der Waals surface area (Å²) in [7, 11) is 7.00. The van der Waals surface area contributed by atoms with E-state index in [0.29, 0.717) is 0 Å². The largest absolute Gasteiger partial charge is 4.00 e. The molecular formula is C18H30N2Zr. The zero-order valence-corrected chi connectivity index (χ0v) is 16.9. The molecule has 2 nitrogen and oxygen atoms in total. The zero-order valence-electron chi connectivity index (χ0n) is 14.4. The van der Waals surface area contributed by atoms with E-state index in [-0.39, 0.29) is 26.2 Å². The number of aryl methyl sites for hydroxylation is 2. The van der Waals surface area contributed by atoms with Crippen molar-refractivity contribution in [1.29, 1.82) is 0 Å². The fourth-order valence-corrected chi connectivity index (χ4v) is 1.30. The molecule has 0 amide bonds. The smallest absolute Gasteiger partial charge is 0.668 e. The first kappa shape index (κ1) is 25.5. The van der Waals surface area contributed by atoms with Gasteiger partial charge in [0.25, 0.3) is 0 Å². The first-order valence-electron chi connectivity index (χ1n) is 7.06. The van der Waals surface area contributed by atoms with E-state index in [0.717, 1.165) is 12.8 Å². The average Bonchev–Trinajstić information content (AvgIpc) is 3.14. The minimum Gasteiger partial charge on any atom is -0.668 e. The van der Waals surface area contributed by atoms with Crippen LogP contribution in [0.5, 0.6) is 0 Å². The predicted molar refractivity (Wildman–Crippen MR) is 93.2 cm³/mol. The molecule has 0 aliphatic heterocycles. The average molecular weight is 366 g/mol. The van der Waals surface area contributed by atoms with Gasteiger partial charge in [-0.05, 0) is 0 Å².